The lowest BCUT2D eigenvalue weighted by Crippen LogP contribution is -3.11. The molecule has 3 heterocycles. The second-order valence-electron chi connectivity index (χ2n) is 7.32. The molecule has 5 rings (SSSR count). The van der Waals surface area contributed by atoms with Gasteiger partial charge in [-0.25, -0.2) is 4.79 Å². The van der Waals surface area contributed by atoms with Crippen molar-refractivity contribution in [1.82, 2.24) is 0 Å². The maximum atomic E-state index is 12.8. The van der Waals surface area contributed by atoms with Crippen LogP contribution >= 0.6 is 0 Å². The highest BCUT2D eigenvalue weighted by Crippen LogP contribution is 2.47. The molecule has 3 atom stereocenters. The molecule has 0 saturated carbocycles. The van der Waals surface area contributed by atoms with E-state index in [1.54, 1.807) is 7.11 Å². The molecule has 0 amide bonds. The zero-order valence-electron chi connectivity index (χ0n) is 16.0. The fourth-order valence-electron chi connectivity index (χ4n) is 4.56. The molecule has 0 spiro atoms. The van der Waals surface area contributed by atoms with Gasteiger partial charge in [0.15, 0.2) is 35.1 Å². The third-order valence-corrected chi connectivity index (χ3v) is 5.91. The van der Waals surface area contributed by atoms with Gasteiger partial charge in [0.1, 0.15) is 5.56 Å². The Bertz CT molecular complexity index is 972. The fraction of sp³-hybridized carbons (Fsp3) is 0.381. The van der Waals surface area contributed by atoms with Gasteiger partial charge in [-0.1, -0.05) is 6.07 Å². The Morgan fingerprint density at radius 2 is 1.86 bits per heavy atom. The zero-order chi connectivity index (χ0) is 19.4. The van der Waals surface area contributed by atoms with Gasteiger partial charge >= 0.3 is 5.97 Å². The molecule has 0 saturated heterocycles. The summed E-state index contributed by atoms with van der Waals surface area (Å²) in [7, 11) is 5.22. The molecule has 2 aromatic rings. The maximum Gasteiger partial charge on any atom is 0.343 e. The first-order chi connectivity index (χ1) is 13.6. The first kappa shape index (κ1) is 17.2. The second kappa shape index (κ2) is 6.31. The molecule has 7 nitrogen and oxygen atoms in total. The highest BCUT2D eigenvalue weighted by Gasteiger charge is 2.46. The van der Waals surface area contributed by atoms with Crippen molar-refractivity contribution in [3.05, 3.63) is 46.5 Å². The minimum Gasteiger partial charge on any atom is -0.493 e. The minimum absolute atomic E-state index is 0.0402. The van der Waals surface area contributed by atoms with E-state index in [2.05, 4.69) is 13.1 Å². The van der Waals surface area contributed by atoms with Crippen molar-refractivity contribution in [2.24, 2.45) is 0 Å². The molecular weight excluding hydrogens is 362 g/mol. The average Bonchev–Trinajstić information content (AvgIpc) is 3.29. The second-order valence-corrected chi connectivity index (χ2v) is 7.32. The number of methoxy groups -OCH3 is 2. The molecule has 7 heteroatoms. The van der Waals surface area contributed by atoms with Crippen LogP contribution in [0.2, 0.25) is 0 Å². The molecule has 0 fully saturated rings. The van der Waals surface area contributed by atoms with E-state index < -0.39 is 6.10 Å². The predicted octanol–water partition coefficient (Wildman–Crippen LogP) is 1.46. The maximum absolute atomic E-state index is 12.8. The molecule has 146 valence electrons. The number of quaternary nitrogens is 1. The number of carbonyl (C=O) groups is 1. The Hall–Kier alpha value is -2.93. The first-order valence-corrected chi connectivity index (χ1v) is 9.33. The standard InChI is InChI=1S/C21H21NO6/c1-22-7-6-11-8-15-16(27-10-26-15)9-13(11)18(22)19-12-4-5-14(24-2)20(25-3)17(12)21(23)28-19/h4-5,8-9,18-19H,6-7,10H2,1-3H3/p+1/t18-,19+/m0/s1. The zero-order valence-corrected chi connectivity index (χ0v) is 16.0. The van der Waals surface area contributed by atoms with E-state index in [4.69, 9.17) is 23.7 Å². The Labute approximate surface area is 162 Å². The van der Waals surface area contributed by atoms with Crippen molar-refractivity contribution in [2.45, 2.75) is 18.6 Å². The smallest absolute Gasteiger partial charge is 0.343 e. The van der Waals surface area contributed by atoms with Crippen LogP contribution in [0.25, 0.3) is 0 Å². The van der Waals surface area contributed by atoms with Crippen LogP contribution in [0.1, 0.15) is 39.2 Å². The quantitative estimate of drug-likeness (QED) is 0.809. The SMILES string of the molecule is COc1ccc2c(c1OC)C(=O)O[C@H]2[C@@H]1c2cc3c(cc2CC[NH+]1C)OCO3. The molecule has 1 unspecified atom stereocenters. The molecule has 0 radical (unpaired) electrons. The van der Waals surface area contributed by atoms with Crippen LogP contribution in [0, 0.1) is 0 Å². The van der Waals surface area contributed by atoms with Gasteiger partial charge in [0.2, 0.25) is 6.79 Å². The van der Waals surface area contributed by atoms with Crippen molar-refractivity contribution in [3.8, 4) is 23.0 Å². The molecule has 28 heavy (non-hydrogen) atoms. The molecular formula is C21H22NO6+. The lowest BCUT2D eigenvalue weighted by molar-refractivity contribution is -0.919. The highest BCUT2D eigenvalue weighted by molar-refractivity contribution is 5.98. The number of hydrogen-bond acceptors (Lipinski definition) is 6. The Morgan fingerprint density at radius 3 is 2.61 bits per heavy atom. The Balaban J connectivity index is 1.63. The number of nitrogens with one attached hydrogen (secondary N) is 1. The van der Waals surface area contributed by atoms with Gasteiger partial charge in [-0.15, -0.1) is 0 Å². The third kappa shape index (κ3) is 2.36. The van der Waals surface area contributed by atoms with E-state index in [-0.39, 0.29) is 18.8 Å². The lowest BCUT2D eigenvalue weighted by Gasteiger charge is -2.34. The number of fused-ring (bicyclic) bond motifs is 3. The van der Waals surface area contributed by atoms with Crippen LogP contribution < -0.4 is 23.8 Å². The van der Waals surface area contributed by atoms with E-state index in [1.165, 1.54) is 17.6 Å². The number of carbonyl (C=O) groups excluding carboxylic acids is 1. The van der Waals surface area contributed by atoms with Gasteiger partial charge < -0.3 is 28.6 Å². The molecule has 2 aromatic carbocycles. The van der Waals surface area contributed by atoms with E-state index in [0.29, 0.717) is 17.1 Å². The molecule has 0 bridgehead atoms. The summed E-state index contributed by atoms with van der Waals surface area (Å²) < 4.78 is 27.8. The molecule has 3 aliphatic rings. The van der Waals surface area contributed by atoms with Crippen LogP contribution in [-0.2, 0) is 11.2 Å². The van der Waals surface area contributed by atoms with E-state index >= 15 is 0 Å². The summed E-state index contributed by atoms with van der Waals surface area (Å²) in [6.07, 6.45) is 0.537. The van der Waals surface area contributed by atoms with Gasteiger partial charge in [0, 0.05) is 17.5 Å². The summed E-state index contributed by atoms with van der Waals surface area (Å²) in [6.45, 7) is 1.18. The monoisotopic (exact) mass is 384 g/mol. The van der Waals surface area contributed by atoms with E-state index in [9.17, 15) is 4.79 Å². The topological polar surface area (TPSA) is 67.7 Å². The summed E-state index contributed by atoms with van der Waals surface area (Å²) in [5.41, 5.74) is 3.63. The summed E-state index contributed by atoms with van der Waals surface area (Å²) in [5.74, 6) is 2.10. The Morgan fingerprint density at radius 1 is 1.07 bits per heavy atom. The summed E-state index contributed by atoms with van der Waals surface area (Å²) in [6, 6.07) is 7.79. The number of esters is 1. The van der Waals surface area contributed by atoms with Crippen LogP contribution in [0.5, 0.6) is 23.0 Å². The van der Waals surface area contributed by atoms with Gasteiger partial charge in [0.05, 0.1) is 27.8 Å². The molecule has 0 aliphatic carbocycles. The van der Waals surface area contributed by atoms with Crippen LogP contribution in [0.3, 0.4) is 0 Å². The molecule has 0 aromatic heterocycles. The van der Waals surface area contributed by atoms with Crippen molar-refractivity contribution in [1.29, 1.82) is 0 Å². The van der Waals surface area contributed by atoms with Gasteiger partial charge in [-0.2, -0.15) is 0 Å². The van der Waals surface area contributed by atoms with Crippen molar-refractivity contribution < 1.29 is 33.4 Å². The number of hydrogen-bond donors (Lipinski definition) is 1. The first-order valence-electron chi connectivity index (χ1n) is 9.33. The molecule has 1 N–H and O–H groups in total. The van der Waals surface area contributed by atoms with Crippen molar-refractivity contribution >= 4 is 5.97 Å². The lowest BCUT2D eigenvalue weighted by atomic mass is 9.86. The van der Waals surface area contributed by atoms with Crippen molar-refractivity contribution in [3.63, 3.8) is 0 Å². The normalized spacial score (nSPS) is 24.4. The summed E-state index contributed by atoms with van der Waals surface area (Å²) >= 11 is 0. The number of ether oxygens (including phenoxy) is 5. The summed E-state index contributed by atoms with van der Waals surface area (Å²) in [5, 5.41) is 0. The van der Waals surface area contributed by atoms with Gasteiger partial charge in [-0.05, 0) is 23.8 Å². The van der Waals surface area contributed by atoms with Crippen molar-refractivity contribution in [2.75, 3.05) is 34.6 Å². The molecule has 3 aliphatic heterocycles. The minimum atomic E-state index is -0.401. The number of rotatable bonds is 3. The largest absolute Gasteiger partial charge is 0.493 e. The number of likely N-dealkylation sites (N-methyl/N-ethyl adjacent to an activating group) is 1. The van der Waals surface area contributed by atoms with Crippen LogP contribution in [0.4, 0.5) is 0 Å². The van der Waals surface area contributed by atoms with Crippen LogP contribution in [-0.4, -0.2) is 40.6 Å². The van der Waals surface area contributed by atoms with Gasteiger partial charge in [0.25, 0.3) is 0 Å². The fourth-order valence-corrected chi connectivity index (χ4v) is 4.56. The number of benzene rings is 2. The van der Waals surface area contributed by atoms with E-state index in [1.807, 2.05) is 18.2 Å². The predicted molar refractivity (Wildman–Crippen MR) is 98.5 cm³/mol. The summed E-state index contributed by atoms with van der Waals surface area (Å²) in [4.78, 5) is 14.0. The average molecular weight is 384 g/mol. The Kier molecular flexibility index (Phi) is 3.87. The van der Waals surface area contributed by atoms with Gasteiger partial charge in [-0.3, -0.25) is 0 Å². The third-order valence-electron chi connectivity index (χ3n) is 5.91. The van der Waals surface area contributed by atoms with E-state index in [0.717, 1.165) is 35.6 Å². The highest BCUT2D eigenvalue weighted by atomic mass is 16.7. The van der Waals surface area contributed by atoms with Crippen LogP contribution in [0.15, 0.2) is 24.3 Å². The number of cyclic esters (lactones) is 1.